The summed E-state index contributed by atoms with van der Waals surface area (Å²) in [7, 11) is -3.25. The monoisotopic (exact) mass is 428 g/mol. The predicted octanol–water partition coefficient (Wildman–Crippen LogP) is 1.68. The van der Waals surface area contributed by atoms with E-state index in [-0.39, 0.29) is 28.7 Å². The molecule has 1 amide bonds. The summed E-state index contributed by atoms with van der Waals surface area (Å²) in [4.78, 5) is 31.5. The van der Waals surface area contributed by atoms with Crippen LogP contribution in [0.15, 0.2) is 46.1 Å². The number of amides is 1. The molecule has 8 nitrogen and oxygen atoms in total. The van der Waals surface area contributed by atoms with Crippen molar-refractivity contribution >= 4 is 21.4 Å². The van der Waals surface area contributed by atoms with Crippen LogP contribution in [0.1, 0.15) is 35.7 Å². The van der Waals surface area contributed by atoms with Crippen LogP contribution in [-0.4, -0.2) is 53.2 Å². The molecule has 0 saturated carbocycles. The minimum Gasteiger partial charge on any atom is -0.342 e. The van der Waals surface area contributed by atoms with E-state index in [4.69, 9.17) is 0 Å². The normalized spacial score (nSPS) is 17.4. The number of H-pyrrole nitrogens is 1. The van der Waals surface area contributed by atoms with Crippen LogP contribution in [-0.2, 0) is 21.1 Å². The molecule has 2 aromatic heterocycles. The maximum Gasteiger partial charge on any atom is 0.272 e. The molecule has 0 spiro atoms. The first-order valence-electron chi connectivity index (χ1n) is 9.87. The second kappa shape index (κ2) is 7.71. The van der Waals surface area contributed by atoms with Gasteiger partial charge in [0.25, 0.3) is 5.56 Å². The largest absolute Gasteiger partial charge is 0.342 e. The van der Waals surface area contributed by atoms with Gasteiger partial charge in [0.05, 0.1) is 11.3 Å². The SMILES string of the molecule is Cc1cc(=O)n2[nH]c(C3CCCN(C(=O)Cc4ccc(S(C)(=O)=O)cc4)C3)cc2n1. The molecular weight excluding hydrogens is 404 g/mol. The van der Waals surface area contributed by atoms with Crippen LogP contribution in [0.5, 0.6) is 0 Å². The number of carbonyl (C=O) groups excluding carboxylic acids is 1. The van der Waals surface area contributed by atoms with E-state index in [2.05, 4.69) is 10.1 Å². The molecule has 1 aromatic carbocycles. The molecule has 4 rings (SSSR count). The van der Waals surface area contributed by atoms with E-state index in [1.165, 1.54) is 22.7 Å². The number of carbonyl (C=O) groups is 1. The summed E-state index contributed by atoms with van der Waals surface area (Å²) in [5, 5.41) is 3.14. The summed E-state index contributed by atoms with van der Waals surface area (Å²) in [6.45, 7) is 3.05. The van der Waals surface area contributed by atoms with Crippen LogP contribution in [0.4, 0.5) is 0 Å². The van der Waals surface area contributed by atoms with Crippen molar-refractivity contribution in [3.63, 3.8) is 0 Å². The highest BCUT2D eigenvalue weighted by Gasteiger charge is 2.26. The number of likely N-dealkylation sites (tertiary alicyclic amines) is 1. The van der Waals surface area contributed by atoms with Crippen LogP contribution >= 0.6 is 0 Å². The van der Waals surface area contributed by atoms with E-state index < -0.39 is 9.84 Å². The van der Waals surface area contributed by atoms with Crippen molar-refractivity contribution in [2.75, 3.05) is 19.3 Å². The van der Waals surface area contributed by atoms with Gasteiger partial charge in [0, 0.05) is 48.8 Å². The van der Waals surface area contributed by atoms with Crippen molar-refractivity contribution in [2.45, 2.75) is 37.0 Å². The number of hydrogen-bond donors (Lipinski definition) is 1. The lowest BCUT2D eigenvalue weighted by atomic mass is 9.94. The number of aromatic amines is 1. The van der Waals surface area contributed by atoms with Gasteiger partial charge in [-0.3, -0.25) is 14.7 Å². The quantitative estimate of drug-likeness (QED) is 0.681. The molecule has 0 bridgehead atoms. The fraction of sp³-hybridized carbons (Fsp3) is 0.381. The third-order valence-electron chi connectivity index (χ3n) is 5.52. The second-order valence-electron chi connectivity index (χ2n) is 7.91. The second-order valence-corrected chi connectivity index (χ2v) is 9.93. The van der Waals surface area contributed by atoms with Crippen LogP contribution in [0.3, 0.4) is 0 Å². The average Bonchev–Trinajstić information content (AvgIpc) is 3.12. The van der Waals surface area contributed by atoms with Gasteiger partial charge in [-0.05, 0) is 37.5 Å². The Morgan fingerprint density at radius 1 is 1.23 bits per heavy atom. The Bertz CT molecular complexity index is 1260. The number of rotatable bonds is 4. The lowest BCUT2D eigenvalue weighted by Gasteiger charge is -2.32. The average molecular weight is 429 g/mol. The van der Waals surface area contributed by atoms with Crippen molar-refractivity contribution in [1.29, 1.82) is 0 Å². The summed E-state index contributed by atoms with van der Waals surface area (Å²) in [5.74, 6) is 0.116. The number of piperidine rings is 1. The summed E-state index contributed by atoms with van der Waals surface area (Å²) in [6, 6.07) is 9.82. The highest BCUT2D eigenvalue weighted by atomic mass is 32.2. The first kappa shape index (κ1) is 20.3. The zero-order chi connectivity index (χ0) is 21.5. The Morgan fingerprint density at radius 3 is 2.67 bits per heavy atom. The fourth-order valence-corrected chi connectivity index (χ4v) is 4.57. The topological polar surface area (TPSA) is 105 Å². The minimum absolute atomic E-state index is 0.00838. The molecule has 1 aliphatic rings. The van der Waals surface area contributed by atoms with Gasteiger partial charge in [-0.15, -0.1) is 0 Å². The lowest BCUT2D eigenvalue weighted by Crippen LogP contribution is -2.40. The maximum absolute atomic E-state index is 12.8. The van der Waals surface area contributed by atoms with Gasteiger partial charge < -0.3 is 4.90 Å². The Labute approximate surface area is 174 Å². The zero-order valence-electron chi connectivity index (χ0n) is 17.0. The number of nitrogens with zero attached hydrogens (tertiary/aromatic N) is 3. The van der Waals surface area contributed by atoms with Gasteiger partial charge in [-0.1, -0.05) is 12.1 Å². The van der Waals surface area contributed by atoms with E-state index in [1.54, 1.807) is 19.1 Å². The van der Waals surface area contributed by atoms with Crippen LogP contribution in [0.25, 0.3) is 5.65 Å². The van der Waals surface area contributed by atoms with Gasteiger partial charge in [0.15, 0.2) is 15.5 Å². The number of benzene rings is 1. The molecule has 30 heavy (non-hydrogen) atoms. The summed E-state index contributed by atoms with van der Waals surface area (Å²) >= 11 is 0. The molecule has 1 saturated heterocycles. The lowest BCUT2D eigenvalue weighted by molar-refractivity contribution is -0.131. The molecule has 9 heteroatoms. The van der Waals surface area contributed by atoms with Crippen molar-refractivity contribution < 1.29 is 13.2 Å². The van der Waals surface area contributed by atoms with Crippen LogP contribution in [0, 0.1) is 6.92 Å². The van der Waals surface area contributed by atoms with E-state index >= 15 is 0 Å². The van der Waals surface area contributed by atoms with Crippen molar-refractivity contribution in [1.82, 2.24) is 19.5 Å². The molecule has 1 fully saturated rings. The molecule has 1 unspecified atom stereocenters. The molecule has 0 radical (unpaired) electrons. The van der Waals surface area contributed by atoms with Crippen molar-refractivity contribution in [2.24, 2.45) is 0 Å². The van der Waals surface area contributed by atoms with Crippen molar-refractivity contribution in [3.8, 4) is 0 Å². The van der Waals surface area contributed by atoms with Gasteiger partial charge in [0.1, 0.15) is 0 Å². The standard InChI is InChI=1S/C21H24N4O4S/c1-14-10-21(27)25-19(22-14)12-18(23-25)16-4-3-9-24(13-16)20(26)11-15-5-7-17(8-6-15)30(2,28)29/h5-8,10,12,16,23H,3-4,9,11,13H2,1-2H3. The molecule has 0 aliphatic carbocycles. The van der Waals surface area contributed by atoms with E-state index in [1.807, 2.05) is 11.0 Å². The third kappa shape index (κ3) is 4.16. The molecule has 3 aromatic rings. The number of aryl methyl sites for hydroxylation is 1. The molecule has 158 valence electrons. The fourth-order valence-electron chi connectivity index (χ4n) is 3.94. The molecule has 3 heterocycles. The van der Waals surface area contributed by atoms with Crippen LogP contribution < -0.4 is 5.56 Å². The van der Waals surface area contributed by atoms with E-state index in [0.717, 1.165) is 30.4 Å². The van der Waals surface area contributed by atoms with Gasteiger partial charge in [-0.2, -0.15) is 0 Å². The molecule has 1 atom stereocenters. The summed E-state index contributed by atoms with van der Waals surface area (Å²) in [6.07, 6.45) is 3.19. The summed E-state index contributed by atoms with van der Waals surface area (Å²) < 4.78 is 24.6. The van der Waals surface area contributed by atoms with Gasteiger partial charge in [0.2, 0.25) is 5.91 Å². The Kier molecular flexibility index (Phi) is 5.23. The third-order valence-corrected chi connectivity index (χ3v) is 6.65. The molecule has 1 N–H and O–H groups in total. The van der Waals surface area contributed by atoms with Gasteiger partial charge in [-0.25, -0.2) is 17.9 Å². The Hall–Kier alpha value is -2.94. The highest BCUT2D eigenvalue weighted by Crippen LogP contribution is 2.27. The predicted molar refractivity (Wildman–Crippen MR) is 112 cm³/mol. The van der Waals surface area contributed by atoms with Gasteiger partial charge >= 0.3 is 0 Å². The maximum atomic E-state index is 12.8. The van der Waals surface area contributed by atoms with E-state index in [0.29, 0.717) is 24.4 Å². The molecular formula is C21H24N4O4S. The smallest absolute Gasteiger partial charge is 0.272 e. The summed E-state index contributed by atoms with van der Waals surface area (Å²) in [5.41, 5.74) is 2.80. The van der Waals surface area contributed by atoms with Crippen molar-refractivity contribution in [3.05, 3.63) is 63.7 Å². The minimum atomic E-state index is -3.25. The van der Waals surface area contributed by atoms with Crippen LogP contribution in [0.2, 0.25) is 0 Å². The number of aromatic nitrogens is 3. The molecule has 1 aliphatic heterocycles. The number of nitrogens with one attached hydrogen (secondary N) is 1. The Balaban J connectivity index is 1.48. The first-order valence-corrected chi connectivity index (χ1v) is 11.8. The van der Waals surface area contributed by atoms with E-state index in [9.17, 15) is 18.0 Å². The number of hydrogen-bond acceptors (Lipinski definition) is 5. The number of sulfone groups is 1. The number of fused-ring (bicyclic) bond motifs is 1. The first-order chi connectivity index (χ1) is 14.2. The Morgan fingerprint density at radius 2 is 1.97 bits per heavy atom. The zero-order valence-corrected chi connectivity index (χ0v) is 17.8. The highest BCUT2D eigenvalue weighted by molar-refractivity contribution is 7.90.